The van der Waals surface area contributed by atoms with Gasteiger partial charge in [-0.3, -0.25) is 9.89 Å². The molecule has 2 heterocycles. The number of nitriles is 1. The van der Waals surface area contributed by atoms with Crippen LogP contribution >= 0.6 is 11.8 Å². The van der Waals surface area contributed by atoms with E-state index < -0.39 is 0 Å². The minimum atomic E-state index is 0.0893. The van der Waals surface area contributed by atoms with Gasteiger partial charge < -0.3 is 9.64 Å². The van der Waals surface area contributed by atoms with Crippen LogP contribution in [0.4, 0.5) is 0 Å². The van der Waals surface area contributed by atoms with Crippen molar-refractivity contribution in [3.63, 3.8) is 0 Å². The van der Waals surface area contributed by atoms with E-state index >= 15 is 0 Å². The van der Waals surface area contributed by atoms with Gasteiger partial charge in [0.1, 0.15) is 0 Å². The average Bonchev–Trinajstić information content (AvgIpc) is 3.36. The summed E-state index contributed by atoms with van der Waals surface area (Å²) in [4.78, 5) is 20.4. The van der Waals surface area contributed by atoms with Crippen LogP contribution in [0.25, 0.3) is 11.4 Å². The van der Waals surface area contributed by atoms with Crippen molar-refractivity contribution in [1.29, 1.82) is 5.26 Å². The Labute approximate surface area is 222 Å². The summed E-state index contributed by atoms with van der Waals surface area (Å²) in [7, 11) is 1.69. The fraction of sp³-hybridized carbons (Fsp3) is 0.448. The van der Waals surface area contributed by atoms with Crippen LogP contribution in [0.5, 0.6) is 0 Å². The quantitative estimate of drug-likeness (QED) is 0.306. The van der Waals surface area contributed by atoms with Gasteiger partial charge in [0.15, 0.2) is 5.82 Å². The van der Waals surface area contributed by atoms with Crippen molar-refractivity contribution in [2.24, 2.45) is 0 Å². The molecule has 2 aliphatic rings. The summed E-state index contributed by atoms with van der Waals surface area (Å²) in [5.74, 6) is 2.54. The monoisotopic (exact) mass is 515 g/mol. The summed E-state index contributed by atoms with van der Waals surface area (Å²) in [6, 6.07) is 14.3. The van der Waals surface area contributed by atoms with Crippen LogP contribution in [-0.2, 0) is 4.74 Å². The second-order valence-electron chi connectivity index (χ2n) is 9.99. The van der Waals surface area contributed by atoms with Gasteiger partial charge in [-0.1, -0.05) is 36.4 Å². The van der Waals surface area contributed by atoms with Gasteiger partial charge in [0.25, 0.3) is 5.91 Å². The standard InChI is InChI=1S/C29H33N5O2S/c1-19-16-25(23-4-3-5-23)26(27-31-29(33-32-27)37-15-14-36-2)17-24(19)28(35)34-12-10-22(11-13-34)21-8-6-20(18-30)7-9-21/h6-9,16-17,22-23H,3-5,10-15H2,1-2H3,(H,31,32,33). The molecule has 0 atom stereocenters. The SMILES string of the molecule is COCCSc1n[nH]c(-c2cc(C(=O)N3CCC(c4ccc(C#N)cc4)CC3)c(C)cc2C2CCC2)n1. The molecule has 0 bridgehead atoms. The number of rotatable bonds is 8. The number of aryl methyl sites for hydroxylation is 1. The molecule has 1 saturated heterocycles. The predicted molar refractivity (Wildman–Crippen MR) is 145 cm³/mol. The molecule has 1 amide bonds. The maximum atomic E-state index is 13.7. The molecule has 37 heavy (non-hydrogen) atoms. The molecule has 2 fully saturated rings. The van der Waals surface area contributed by atoms with Crippen molar-refractivity contribution >= 4 is 17.7 Å². The summed E-state index contributed by atoms with van der Waals surface area (Å²) >= 11 is 1.56. The van der Waals surface area contributed by atoms with Gasteiger partial charge in [0, 0.05) is 37.1 Å². The number of aromatic nitrogens is 3. The average molecular weight is 516 g/mol. The van der Waals surface area contributed by atoms with Gasteiger partial charge in [0.05, 0.1) is 18.2 Å². The van der Waals surface area contributed by atoms with Crippen molar-refractivity contribution in [3.05, 3.63) is 64.2 Å². The maximum Gasteiger partial charge on any atom is 0.254 e. The summed E-state index contributed by atoms with van der Waals surface area (Å²) in [6.07, 6.45) is 5.44. The number of carbonyl (C=O) groups is 1. The maximum absolute atomic E-state index is 13.7. The number of nitrogens with zero attached hydrogens (tertiary/aromatic N) is 4. The lowest BCUT2D eigenvalue weighted by Crippen LogP contribution is -2.38. The largest absolute Gasteiger partial charge is 0.384 e. The second kappa shape index (κ2) is 11.5. The normalized spacial score (nSPS) is 16.4. The molecule has 1 aliphatic carbocycles. The van der Waals surface area contributed by atoms with E-state index in [4.69, 9.17) is 15.0 Å². The van der Waals surface area contributed by atoms with Crippen molar-refractivity contribution < 1.29 is 9.53 Å². The zero-order valence-corrected chi connectivity index (χ0v) is 22.3. The molecule has 3 aromatic rings. The zero-order chi connectivity index (χ0) is 25.8. The lowest BCUT2D eigenvalue weighted by atomic mass is 9.77. The number of piperidine rings is 1. The molecule has 192 valence electrons. The van der Waals surface area contributed by atoms with E-state index in [1.165, 1.54) is 30.4 Å². The second-order valence-corrected chi connectivity index (χ2v) is 11.1. The zero-order valence-electron chi connectivity index (χ0n) is 21.5. The highest BCUT2D eigenvalue weighted by Gasteiger charge is 2.29. The number of nitrogens with one attached hydrogen (secondary N) is 1. The number of benzene rings is 2. The van der Waals surface area contributed by atoms with Crippen LogP contribution in [0.15, 0.2) is 41.6 Å². The topological polar surface area (TPSA) is 94.9 Å². The van der Waals surface area contributed by atoms with E-state index in [1.807, 2.05) is 23.1 Å². The number of hydrogen-bond donors (Lipinski definition) is 1. The lowest BCUT2D eigenvalue weighted by molar-refractivity contribution is 0.0712. The first kappa shape index (κ1) is 25.5. The third-order valence-electron chi connectivity index (χ3n) is 7.70. The Kier molecular flexibility index (Phi) is 7.92. The Bertz CT molecular complexity index is 1280. The fourth-order valence-electron chi connectivity index (χ4n) is 5.29. The third-order valence-corrected chi connectivity index (χ3v) is 8.52. The van der Waals surface area contributed by atoms with Crippen LogP contribution in [0.1, 0.15) is 76.6 Å². The number of H-pyrrole nitrogens is 1. The molecule has 1 aliphatic heterocycles. The first-order chi connectivity index (χ1) is 18.1. The van der Waals surface area contributed by atoms with Gasteiger partial charge in [-0.05, 0) is 79.3 Å². The number of thioether (sulfide) groups is 1. The lowest BCUT2D eigenvalue weighted by Gasteiger charge is -2.33. The summed E-state index contributed by atoms with van der Waals surface area (Å²) in [6.45, 7) is 4.15. The van der Waals surface area contributed by atoms with E-state index in [1.54, 1.807) is 18.9 Å². The van der Waals surface area contributed by atoms with Crippen molar-refractivity contribution in [1.82, 2.24) is 20.1 Å². The summed E-state index contributed by atoms with van der Waals surface area (Å²) in [5, 5.41) is 17.3. The molecule has 0 unspecified atom stereocenters. The van der Waals surface area contributed by atoms with Crippen molar-refractivity contribution in [3.8, 4) is 17.5 Å². The number of ether oxygens (including phenoxy) is 1. The van der Waals surface area contributed by atoms with Crippen LogP contribution in [0.2, 0.25) is 0 Å². The van der Waals surface area contributed by atoms with E-state index in [0.29, 0.717) is 29.2 Å². The van der Waals surface area contributed by atoms with E-state index in [2.05, 4.69) is 41.4 Å². The molecule has 0 spiro atoms. The Morgan fingerprint density at radius 3 is 2.57 bits per heavy atom. The highest BCUT2D eigenvalue weighted by molar-refractivity contribution is 7.99. The predicted octanol–water partition coefficient (Wildman–Crippen LogP) is 5.68. The summed E-state index contributed by atoms with van der Waals surface area (Å²) in [5.41, 5.74) is 5.97. The molecule has 1 saturated carbocycles. The van der Waals surface area contributed by atoms with E-state index in [0.717, 1.165) is 54.2 Å². The van der Waals surface area contributed by atoms with Crippen LogP contribution in [0, 0.1) is 18.3 Å². The van der Waals surface area contributed by atoms with Crippen LogP contribution in [0.3, 0.4) is 0 Å². The Balaban J connectivity index is 1.34. The number of amides is 1. The van der Waals surface area contributed by atoms with E-state index in [9.17, 15) is 4.79 Å². The summed E-state index contributed by atoms with van der Waals surface area (Å²) < 4.78 is 5.14. The smallest absolute Gasteiger partial charge is 0.254 e. The van der Waals surface area contributed by atoms with E-state index in [-0.39, 0.29) is 5.91 Å². The minimum absolute atomic E-state index is 0.0893. The molecular weight excluding hydrogens is 482 g/mol. The highest BCUT2D eigenvalue weighted by Crippen LogP contribution is 2.42. The van der Waals surface area contributed by atoms with Crippen molar-refractivity contribution in [2.45, 2.75) is 56.0 Å². The van der Waals surface area contributed by atoms with Crippen LogP contribution in [-0.4, -0.2) is 58.5 Å². The molecule has 8 heteroatoms. The number of likely N-dealkylation sites (tertiary alicyclic amines) is 1. The number of hydrogen-bond acceptors (Lipinski definition) is 6. The first-order valence-electron chi connectivity index (χ1n) is 13.1. The van der Waals surface area contributed by atoms with Gasteiger partial charge in [0.2, 0.25) is 5.16 Å². The molecule has 7 nitrogen and oxygen atoms in total. The molecule has 0 radical (unpaired) electrons. The number of aromatic amines is 1. The van der Waals surface area contributed by atoms with Gasteiger partial charge in [-0.25, -0.2) is 4.98 Å². The Morgan fingerprint density at radius 2 is 1.92 bits per heavy atom. The number of methoxy groups -OCH3 is 1. The molecule has 1 N–H and O–H groups in total. The van der Waals surface area contributed by atoms with Crippen molar-refractivity contribution in [2.75, 3.05) is 32.6 Å². The Hall–Kier alpha value is -3.15. The highest BCUT2D eigenvalue weighted by atomic mass is 32.2. The molecule has 1 aromatic heterocycles. The van der Waals surface area contributed by atoms with Crippen LogP contribution < -0.4 is 0 Å². The third kappa shape index (κ3) is 5.58. The molecule has 2 aromatic carbocycles. The molecule has 5 rings (SSSR count). The van der Waals surface area contributed by atoms with Gasteiger partial charge >= 0.3 is 0 Å². The molecular formula is C29H33N5O2S. The Morgan fingerprint density at radius 1 is 1.16 bits per heavy atom. The fourth-order valence-corrected chi connectivity index (χ4v) is 5.99. The van der Waals surface area contributed by atoms with Gasteiger partial charge in [-0.2, -0.15) is 5.26 Å². The minimum Gasteiger partial charge on any atom is -0.384 e. The first-order valence-corrected chi connectivity index (χ1v) is 14.0. The van der Waals surface area contributed by atoms with Gasteiger partial charge in [-0.15, -0.1) is 5.10 Å². The number of carbonyl (C=O) groups excluding carboxylic acids is 1.